The second kappa shape index (κ2) is 8.39. The summed E-state index contributed by atoms with van der Waals surface area (Å²) in [5.41, 5.74) is 8.21. The summed E-state index contributed by atoms with van der Waals surface area (Å²) >= 11 is 0. The van der Waals surface area contributed by atoms with Gasteiger partial charge in [0.05, 0.1) is 6.61 Å². The Hall–Kier alpha value is -1.80. The summed E-state index contributed by atoms with van der Waals surface area (Å²) < 4.78 is 5.67. The standard InChI is InChI=1S/C18H23NO/c19-13-6-14-20-18-12-5-11-17(15-18)10-4-9-16-7-2-1-3-8-16/h1-3,5,7-8,11-12,15H,4,6,9-10,13-14,19H2. The van der Waals surface area contributed by atoms with Crippen molar-refractivity contribution in [1.82, 2.24) is 0 Å². The molecule has 0 radical (unpaired) electrons. The SMILES string of the molecule is NCCCOc1cccc(CCCc2ccccc2)c1. The molecule has 0 bridgehead atoms. The Bertz CT molecular complexity index is 496. The molecule has 0 spiro atoms. The van der Waals surface area contributed by atoms with Crippen LogP contribution in [-0.2, 0) is 12.8 Å². The zero-order chi connectivity index (χ0) is 14.0. The van der Waals surface area contributed by atoms with Crippen LogP contribution < -0.4 is 10.5 Å². The van der Waals surface area contributed by atoms with Gasteiger partial charge in [0, 0.05) is 0 Å². The van der Waals surface area contributed by atoms with Gasteiger partial charge in [-0.3, -0.25) is 0 Å². The van der Waals surface area contributed by atoms with E-state index in [2.05, 4.69) is 48.5 Å². The van der Waals surface area contributed by atoms with Crippen LogP contribution in [0, 0.1) is 0 Å². The predicted octanol–water partition coefficient (Wildman–Crippen LogP) is 3.59. The second-order valence-corrected chi connectivity index (χ2v) is 4.98. The molecule has 0 aliphatic rings. The van der Waals surface area contributed by atoms with Crippen LogP contribution in [0.2, 0.25) is 0 Å². The Kier molecular flexibility index (Phi) is 6.12. The van der Waals surface area contributed by atoms with E-state index in [9.17, 15) is 0 Å². The number of hydrogen-bond acceptors (Lipinski definition) is 2. The first-order valence-corrected chi connectivity index (χ1v) is 7.34. The van der Waals surface area contributed by atoms with Crippen LogP contribution in [0.3, 0.4) is 0 Å². The van der Waals surface area contributed by atoms with E-state index in [1.165, 1.54) is 11.1 Å². The van der Waals surface area contributed by atoms with Crippen LogP contribution in [-0.4, -0.2) is 13.2 Å². The van der Waals surface area contributed by atoms with Gasteiger partial charge in [-0.1, -0.05) is 42.5 Å². The summed E-state index contributed by atoms with van der Waals surface area (Å²) in [7, 11) is 0. The third kappa shape index (κ3) is 5.06. The van der Waals surface area contributed by atoms with E-state index in [-0.39, 0.29) is 0 Å². The minimum atomic E-state index is 0.677. The van der Waals surface area contributed by atoms with Gasteiger partial charge in [-0.05, 0) is 55.5 Å². The lowest BCUT2D eigenvalue weighted by Gasteiger charge is -2.07. The molecule has 0 fully saturated rings. The molecule has 20 heavy (non-hydrogen) atoms. The summed E-state index contributed by atoms with van der Waals surface area (Å²) in [4.78, 5) is 0. The number of hydrogen-bond donors (Lipinski definition) is 1. The lowest BCUT2D eigenvalue weighted by Crippen LogP contribution is -2.06. The first-order chi connectivity index (χ1) is 9.88. The molecule has 2 heteroatoms. The first kappa shape index (κ1) is 14.6. The minimum Gasteiger partial charge on any atom is -0.494 e. The summed E-state index contributed by atoms with van der Waals surface area (Å²) in [5.74, 6) is 0.954. The van der Waals surface area contributed by atoms with Crippen molar-refractivity contribution in [1.29, 1.82) is 0 Å². The molecule has 0 saturated heterocycles. The Morgan fingerprint density at radius 3 is 2.35 bits per heavy atom. The van der Waals surface area contributed by atoms with Gasteiger partial charge in [0.1, 0.15) is 5.75 Å². The van der Waals surface area contributed by atoms with E-state index >= 15 is 0 Å². The van der Waals surface area contributed by atoms with E-state index in [0.29, 0.717) is 13.2 Å². The third-order valence-electron chi connectivity index (χ3n) is 3.29. The van der Waals surface area contributed by atoms with Crippen LogP contribution in [0.4, 0.5) is 0 Å². The van der Waals surface area contributed by atoms with Gasteiger partial charge >= 0.3 is 0 Å². The first-order valence-electron chi connectivity index (χ1n) is 7.34. The number of benzene rings is 2. The topological polar surface area (TPSA) is 35.2 Å². The van der Waals surface area contributed by atoms with Crippen molar-refractivity contribution in [2.75, 3.05) is 13.2 Å². The fraction of sp³-hybridized carbons (Fsp3) is 0.333. The summed E-state index contributed by atoms with van der Waals surface area (Å²) in [5, 5.41) is 0. The van der Waals surface area contributed by atoms with Crippen molar-refractivity contribution in [2.24, 2.45) is 5.73 Å². The molecule has 0 atom stereocenters. The third-order valence-corrected chi connectivity index (χ3v) is 3.29. The molecule has 2 rings (SSSR count). The molecular weight excluding hydrogens is 246 g/mol. The molecule has 2 nitrogen and oxygen atoms in total. The Morgan fingerprint density at radius 2 is 1.55 bits per heavy atom. The molecule has 0 amide bonds. The quantitative estimate of drug-likeness (QED) is 0.743. The highest BCUT2D eigenvalue weighted by Gasteiger charge is 1.98. The van der Waals surface area contributed by atoms with Gasteiger partial charge in [0.2, 0.25) is 0 Å². The van der Waals surface area contributed by atoms with Gasteiger partial charge in [0.15, 0.2) is 0 Å². The second-order valence-electron chi connectivity index (χ2n) is 4.98. The molecule has 0 unspecified atom stereocenters. The highest BCUT2D eigenvalue weighted by Crippen LogP contribution is 2.16. The number of nitrogens with two attached hydrogens (primary N) is 1. The molecule has 0 aliphatic carbocycles. The van der Waals surface area contributed by atoms with E-state index in [1.807, 2.05) is 6.07 Å². The summed E-state index contributed by atoms with van der Waals surface area (Å²) in [6.07, 6.45) is 4.27. The number of aryl methyl sites for hydroxylation is 2. The van der Waals surface area contributed by atoms with Gasteiger partial charge < -0.3 is 10.5 Å². The Morgan fingerprint density at radius 1 is 0.800 bits per heavy atom. The van der Waals surface area contributed by atoms with Crippen LogP contribution in [0.1, 0.15) is 24.0 Å². The Balaban J connectivity index is 1.79. The zero-order valence-electron chi connectivity index (χ0n) is 11.9. The van der Waals surface area contributed by atoms with Gasteiger partial charge in [-0.2, -0.15) is 0 Å². The van der Waals surface area contributed by atoms with Gasteiger partial charge in [-0.25, -0.2) is 0 Å². The largest absolute Gasteiger partial charge is 0.494 e. The van der Waals surface area contributed by atoms with E-state index in [4.69, 9.17) is 10.5 Å². The van der Waals surface area contributed by atoms with Crippen molar-refractivity contribution in [3.63, 3.8) is 0 Å². The maximum atomic E-state index is 5.67. The van der Waals surface area contributed by atoms with Crippen LogP contribution in [0.25, 0.3) is 0 Å². The van der Waals surface area contributed by atoms with Crippen LogP contribution in [0.5, 0.6) is 5.75 Å². The molecular formula is C18H23NO. The maximum Gasteiger partial charge on any atom is 0.119 e. The lowest BCUT2D eigenvalue weighted by molar-refractivity contribution is 0.313. The monoisotopic (exact) mass is 269 g/mol. The van der Waals surface area contributed by atoms with Crippen LogP contribution in [0.15, 0.2) is 54.6 Å². The molecule has 0 aromatic heterocycles. The van der Waals surface area contributed by atoms with Crippen molar-refractivity contribution < 1.29 is 4.74 Å². The molecule has 0 heterocycles. The lowest BCUT2D eigenvalue weighted by atomic mass is 10.0. The van der Waals surface area contributed by atoms with E-state index in [1.54, 1.807) is 0 Å². The molecule has 2 aromatic carbocycles. The van der Waals surface area contributed by atoms with Crippen molar-refractivity contribution in [3.05, 3.63) is 65.7 Å². The average molecular weight is 269 g/mol. The average Bonchev–Trinajstić information content (AvgIpc) is 2.49. The van der Waals surface area contributed by atoms with E-state index in [0.717, 1.165) is 31.4 Å². The fourth-order valence-electron chi connectivity index (χ4n) is 2.21. The fourth-order valence-corrected chi connectivity index (χ4v) is 2.21. The normalized spacial score (nSPS) is 10.4. The minimum absolute atomic E-state index is 0.677. The highest BCUT2D eigenvalue weighted by molar-refractivity contribution is 5.28. The predicted molar refractivity (Wildman–Crippen MR) is 84.1 cm³/mol. The smallest absolute Gasteiger partial charge is 0.119 e. The van der Waals surface area contributed by atoms with Crippen molar-refractivity contribution in [3.8, 4) is 5.75 Å². The summed E-state index contributed by atoms with van der Waals surface area (Å²) in [6, 6.07) is 19.0. The highest BCUT2D eigenvalue weighted by atomic mass is 16.5. The van der Waals surface area contributed by atoms with Gasteiger partial charge in [-0.15, -0.1) is 0 Å². The van der Waals surface area contributed by atoms with Crippen molar-refractivity contribution in [2.45, 2.75) is 25.7 Å². The number of rotatable bonds is 8. The zero-order valence-corrected chi connectivity index (χ0v) is 11.9. The summed E-state index contributed by atoms with van der Waals surface area (Å²) in [6.45, 7) is 1.38. The molecule has 2 N–H and O–H groups in total. The van der Waals surface area contributed by atoms with E-state index < -0.39 is 0 Å². The Labute approximate surface area is 121 Å². The molecule has 2 aromatic rings. The van der Waals surface area contributed by atoms with Crippen LogP contribution >= 0.6 is 0 Å². The molecule has 106 valence electrons. The van der Waals surface area contributed by atoms with Crippen molar-refractivity contribution >= 4 is 0 Å². The number of ether oxygens (including phenoxy) is 1. The van der Waals surface area contributed by atoms with Gasteiger partial charge in [0.25, 0.3) is 0 Å². The molecule has 0 saturated carbocycles. The maximum absolute atomic E-state index is 5.67. The molecule has 0 aliphatic heterocycles.